The molecule has 2 aromatic rings. The maximum atomic E-state index is 14.1. The Balaban J connectivity index is 1.74. The van der Waals surface area contributed by atoms with Crippen molar-refractivity contribution in [2.45, 2.75) is 25.7 Å². The van der Waals surface area contributed by atoms with Crippen LogP contribution in [0.25, 0.3) is 0 Å². The number of aryl methyl sites for hydroxylation is 1. The molecule has 0 spiro atoms. The van der Waals surface area contributed by atoms with Crippen LogP contribution < -0.4 is 0 Å². The van der Waals surface area contributed by atoms with Gasteiger partial charge in [0.1, 0.15) is 11.6 Å². The zero-order chi connectivity index (χ0) is 18.4. The SMILES string of the molecule is Fc1cc(C#CN=C=S)cc(F)c1C#Cc1ccc(CCC2CC2)cc1. The molecule has 1 aliphatic carbocycles. The highest BCUT2D eigenvalue weighted by atomic mass is 32.1. The van der Waals surface area contributed by atoms with Gasteiger partial charge in [-0.05, 0) is 66.7 Å². The fourth-order valence-electron chi connectivity index (χ4n) is 2.55. The van der Waals surface area contributed by atoms with Crippen LogP contribution in [0, 0.1) is 41.4 Å². The van der Waals surface area contributed by atoms with Crippen molar-refractivity contribution < 1.29 is 8.78 Å². The summed E-state index contributed by atoms with van der Waals surface area (Å²) in [7, 11) is 0. The first-order chi connectivity index (χ1) is 12.7. The predicted molar refractivity (Wildman–Crippen MR) is 102 cm³/mol. The second-order valence-corrected chi connectivity index (χ2v) is 6.37. The summed E-state index contributed by atoms with van der Waals surface area (Å²) < 4.78 is 28.2. The third-order valence-corrected chi connectivity index (χ3v) is 4.26. The van der Waals surface area contributed by atoms with E-state index in [0.29, 0.717) is 0 Å². The van der Waals surface area contributed by atoms with Gasteiger partial charge in [-0.25, -0.2) is 8.78 Å². The lowest BCUT2D eigenvalue weighted by Crippen LogP contribution is -1.92. The quantitative estimate of drug-likeness (QED) is 0.419. The van der Waals surface area contributed by atoms with Gasteiger partial charge >= 0.3 is 0 Å². The Labute approximate surface area is 157 Å². The minimum atomic E-state index is -0.755. The molecule has 2 aromatic carbocycles. The second-order valence-electron chi connectivity index (χ2n) is 6.18. The van der Waals surface area contributed by atoms with E-state index in [4.69, 9.17) is 0 Å². The van der Waals surface area contributed by atoms with Crippen LogP contribution in [0.3, 0.4) is 0 Å². The van der Waals surface area contributed by atoms with Crippen LogP contribution in [0.2, 0.25) is 0 Å². The molecule has 0 bridgehead atoms. The van der Waals surface area contributed by atoms with Gasteiger partial charge in [0.05, 0.1) is 16.8 Å². The lowest BCUT2D eigenvalue weighted by Gasteiger charge is -2.00. The molecule has 1 fully saturated rings. The molecule has 0 atom stereocenters. The fourth-order valence-corrected chi connectivity index (χ4v) is 2.59. The minimum Gasteiger partial charge on any atom is -0.205 e. The van der Waals surface area contributed by atoms with Crippen LogP contribution >= 0.6 is 12.2 Å². The van der Waals surface area contributed by atoms with Gasteiger partial charge in [-0.2, -0.15) is 0 Å². The van der Waals surface area contributed by atoms with E-state index in [1.54, 1.807) is 0 Å². The molecule has 0 amide bonds. The van der Waals surface area contributed by atoms with Crippen molar-refractivity contribution in [3.05, 3.63) is 70.3 Å². The van der Waals surface area contributed by atoms with Crippen molar-refractivity contribution in [1.29, 1.82) is 0 Å². The number of isothiocyanates is 1. The van der Waals surface area contributed by atoms with E-state index in [-0.39, 0.29) is 11.1 Å². The van der Waals surface area contributed by atoms with E-state index in [9.17, 15) is 8.78 Å². The van der Waals surface area contributed by atoms with Crippen LogP contribution in [-0.2, 0) is 6.42 Å². The number of rotatable bonds is 3. The van der Waals surface area contributed by atoms with E-state index in [1.807, 2.05) is 24.3 Å². The molecule has 128 valence electrons. The molecule has 0 heterocycles. The van der Waals surface area contributed by atoms with Crippen molar-refractivity contribution >= 4 is 17.4 Å². The van der Waals surface area contributed by atoms with Crippen LogP contribution in [0.1, 0.15) is 41.5 Å². The van der Waals surface area contributed by atoms with Gasteiger partial charge in [0.25, 0.3) is 0 Å². The van der Waals surface area contributed by atoms with Gasteiger partial charge in [0.2, 0.25) is 0 Å². The van der Waals surface area contributed by atoms with Gasteiger partial charge in [-0.1, -0.05) is 36.8 Å². The lowest BCUT2D eigenvalue weighted by atomic mass is 10.1. The summed E-state index contributed by atoms with van der Waals surface area (Å²) in [5, 5.41) is 2.06. The van der Waals surface area contributed by atoms with Crippen molar-refractivity contribution in [2.75, 3.05) is 0 Å². The van der Waals surface area contributed by atoms with Crippen LogP contribution in [0.4, 0.5) is 8.78 Å². The lowest BCUT2D eigenvalue weighted by molar-refractivity contribution is 0.577. The topological polar surface area (TPSA) is 12.4 Å². The molecule has 0 N–H and O–H groups in total. The van der Waals surface area contributed by atoms with Crippen LogP contribution in [0.15, 0.2) is 41.4 Å². The van der Waals surface area contributed by atoms with Gasteiger partial charge in [0.15, 0.2) is 0 Å². The third kappa shape index (κ3) is 5.11. The average molecular weight is 363 g/mol. The van der Waals surface area contributed by atoms with E-state index < -0.39 is 11.6 Å². The summed E-state index contributed by atoms with van der Waals surface area (Å²) in [5.41, 5.74) is 1.88. The van der Waals surface area contributed by atoms with E-state index in [2.05, 4.69) is 46.2 Å². The third-order valence-electron chi connectivity index (χ3n) is 4.17. The number of benzene rings is 2. The molecule has 0 aliphatic heterocycles. The first-order valence-corrected chi connectivity index (χ1v) is 8.74. The summed E-state index contributed by atoms with van der Waals surface area (Å²) in [4.78, 5) is 3.39. The molecule has 0 unspecified atom stereocenters. The fraction of sp³-hybridized carbons (Fsp3) is 0.227. The van der Waals surface area contributed by atoms with Crippen molar-refractivity contribution in [2.24, 2.45) is 10.9 Å². The highest BCUT2D eigenvalue weighted by Gasteiger charge is 2.20. The highest BCUT2D eigenvalue weighted by molar-refractivity contribution is 7.78. The van der Waals surface area contributed by atoms with Crippen molar-refractivity contribution in [3.63, 3.8) is 0 Å². The zero-order valence-corrected chi connectivity index (χ0v) is 14.8. The average Bonchev–Trinajstić information content (AvgIpc) is 3.45. The normalized spacial score (nSPS) is 12.2. The van der Waals surface area contributed by atoms with E-state index >= 15 is 0 Å². The maximum absolute atomic E-state index is 14.1. The zero-order valence-electron chi connectivity index (χ0n) is 14.0. The number of hydrogen-bond acceptors (Lipinski definition) is 2. The number of thiocarbonyl (C=S) groups is 1. The Kier molecular flexibility index (Phi) is 5.92. The summed E-state index contributed by atoms with van der Waals surface area (Å²) in [5.74, 6) is 7.25. The van der Waals surface area contributed by atoms with Crippen molar-refractivity contribution in [3.8, 4) is 23.8 Å². The number of nitrogens with zero attached hydrogens (tertiary/aromatic N) is 1. The smallest absolute Gasteiger partial charge is 0.143 e. The van der Waals surface area contributed by atoms with Gasteiger partial charge < -0.3 is 0 Å². The second kappa shape index (κ2) is 8.54. The van der Waals surface area contributed by atoms with Crippen LogP contribution in [-0.4, -0.2) is 5.16 Å². The molecule has 4 heteroatoms. The van der Waals surface area contributed by atoms with Gasteiger partial charge in [-0.15, -0.1) is 4.99 Å². The number of aliphatic imine (C=N–C) groups is 1. The summed E-state index contributed by atoms with van der Waals surface area (Å²) in [6.45, 7) is 0. The number of hydrogen-bond donors (Lipinski definition) is 0. The van der Waals surface area contributed by atoms with Crippen LogP contribution in [0.5, 0.6) is 0 Å². The Hall–Kier alpha value is -2.78. The maximum Gasteiger partial charge on any atom is 0.143 e. The molecule has 26 heavy (non-hydrogen) atoms. The highest BCUT2D eigenvalue weighted by Crippen LogP contribution is 2.33. The Morgan fingerprint density at radius 1 is 0.962 bits per heavy atom. The molecule has 1 saturated carbocycles. The van der Waals surface area contributed by atoms with Crippen molar-refractivity contribution in [1.82, 2.24) is 0 Å². The first-order valence-electron chi connectivity index (χ1n) is 8.33. The van der Waals surface area contributed by atoms with E-state index in [1.165, 1.54) is 24.8 Å². The largest absolute Gasteiger partial charge is 0.205 e. The Morgan fingerprint density at radius 2 is 1.65 bits per heavy atom. The summed E-state index contributed by atoms with van der Waals surface area (Å²) >= 11 is 4.37. The Bertz CT molecular complexity index is 954. The monoisotopic (exact) mass is 363 g/mol. The molecule has 0 radical (unpaired) electrons. The summed E-state index contributed by atoms with van der Waals surface area (Å²) in [6.07, 6.45) is 5.00. The molecule has 1 nitrogen and oxygen atoms in total. The first kappa shape index (κ1) is 18.0. The Morgan fingerprint density at radius 3 is 2.27 bits per heavy atom. The predicted octanol–water partition coefficient (Wildman–Crippen LogP) is 5.12. The van der Waals surface area contributed by atoms with E-state index in [0.717, 1.165) is 30.0 Å². The summed E-state index contributed by atoms with van der Waals surface area (Å²) in [6, 6.07) is 12.4. The van der Waals surface area contributed by atoms with Gasteiger partial charge in [-0.3, -0.25) is 0 Å². The molecular weight excluding hydrogens is 348 g/mol. The molecule has 0 aromatic heterocycles. The standard InChI is InChI=1S/C22H15F2NS/c23-21-13-19(11-12-25-15-26)14-22(24)20(21)10-9-18-7-5-17(6-8-18)4-3-16-1-2-16/h5-8,13-14,16H,1-4H2. The molecule has 1 aliphatic rings. The molecular formula is C22H15F2NS. The minimum absolute atomic E-state index is 0.166. The van der Waals surface area contributed by atoms with Gasteiger partial charge in [0, 0.05) is 11.1 Å². The number of halogens is 2. The molecule has 0 saturated heterocycles. The molecule has 3 rings (SSSR count).